The number of likely N-dealkylation sites (N-methyl/N-ethyl adjacent to an activating group) is 1. The second-order valence-corrected chi connectivity index (χ2v) is 3.54. The van der Waals surface area contributed by atoms with E-state index in [1.807, 2.05) is 19.2 Å². The van der Waals surface area contributed by atoms with Gasteiger partial charge >= 0.3 is 0 Å². The first kappa shape index (κ1) is 10.1. The first-order valence-corrected chi connectivity index (χ1v) is 5.30. The van der Waals surface area contributed by atoms with Crippen molar-refractivity contribution in [2.24, 2.45) is 7.05 Å². The van der Waals surface area contributed by atoms with E-state index in [0.29, 0.717) is 0 Å². The fourth-order valence-electron chi connectivity index (χ4n) is 1.67. The normalized spacial score (nSPS) is 11.1. The summed E-state index contributed by atoms with van der Waals surface area (Å²) in [5.74, 6) is 1.09. The molecular formula is C11H16N4. The highest BCUT2D eigenvalue weighted by atomic mass is 15.1. The summed E-state index contributed by atoms with van der Waals surface area (Å²) in [6.45, 7) is 4.08. The Kier molecular flexibility index (Phi) is 2.97. The molecule has 0 radical (unpaired) electrons. The van der Waals surface area contributed by atoms with Crippen LogP contribution in [0.15, 0.2) is 18.3 Å². The summed E-state index contributed by atoms with van der Waals surface area (Å²) < 4.78 is 2.06. The Morgan fingerprint density at radius 2 is 2.33 bits per heavy atom. The number of aryl methyl sites for hydroxylation is 1. The summed E-state index contributed by atoms with van der Waals surface area (Å²) in [6.07, 6.45) is 2.75. The van der Waals surface area contributed by atoms with Gasteiger partial charge in [0.2, 0.25) is 0 Å². The molecule has 0 saturated carbocycles. The molecule has 2 heterocycles. The Hall–Kier alpha value is -1.42. The van der Waals surface area contributed by atoms with E-state index in [9.17, 15) is 0 Å². The zero-order valence-electron chi connectivity index (χ0n) is 9.20. The Bertz CT molecular complexity index is 447. The van der Waals surface area contributed by atoms with Gasteiger partial charge in [0.25, 0.3) is 0 Å². The fraction of sp³-hybridized carbons (Fsp3) is 0.455. The SMILES string of the molecule is CCNCCc1nc2cccnc2n1C. The van der Waals surface area contributed by atoms with Gasteiger partial charge in [0, 0.05) is 26.2 Å². The van der Waals surface area contributed by atoms with Crippen LogP contribution in [0, 0.1) is 0 Å². The average molecular weight is 204 g/mol. The number of nitrogens with zero attached hydrogens (tertiary/aromatic N) is 3. The van der Waals surface area contributed by atoms with Crippen molar-refractivity contribution < 1.29 is 0 Å². The van der Waals surface area contributed by atoms with E-state index in [1.54, 1.807) is 6.20 Å². The van der Waals surface area contributed by atoms with E-state index in [4.69, 9.17) is 0 Å². The highest BCUT2D eigenvalue weighted by Crippen LogP contribution is 2.11. The average Bonchev–Trinajstić information content (AvgIpc) is 2.57. The van der Waals surface area contributed by atoms with Gasteiger partial charge in [-0.25, -0.2) is 9.97 Å². The summed E-state index contributed by atoms with van der Waals surface area (Å²) in [4.78, 5) is 8.85. The number of imidazole rings is 1. The molecule has 4 heteroatoms. The lowest BCUT2D eigenvalue weighted by Crippen LogP contribution is -2.17. The van der Waals surface area contributed by atoms with Gasteiger partial charge in [-0.05, 0) is 18.7 Å². The van der Waals surface area contributed by atoms with Crippen LogP contribution in [0.4, 0.5) is 0 Å². The zero-order valence-corrected chi connectivity index (χ0v) is 9.20. The largest absolute Gasteiger partial charge is 0.317 e. The predicted octanol–water partition coefficient (Wildman–Crippen LogP) is 1.12. The molecule has 4 nitrogen and oxygen atoms in total. The molecule has 0 bridgehead atoms. The monoisotopic (exact) mass is 204 g/mol. The van der Waals surface area contributed by atoms with Gasteiger partial charge in [-0.15, -0.1) is 0 Å². The Morgan fingerprint density at radius 1 is 1.47 bits per heavy atom. The molecule has 0 atom stereocenters. The number of hydrogen-bond acceptors (Lipinski definition) is 3. The smallest absolute Gasteiger partial charge is 0.159 e. The maximum Gasteiger partial charge on any atom is 0.159 e. The van der Waals surface area contributed by atoms with Crippen LogP contribution in [-0.2, 0) is 13.5 Å². The maximum atomic E-state index is 4.54. The highest BCUT2D eigenvalue weighted by Gasteiger charge is 2.06. The van der Waals surface area contributed by atoms with E-state index in [-0.39, 0.29) is 0 Å². The number of fused-ring (bicyclic) bond motifs is 1. The van der Waals surface area contributed by atoms with Gasteiger partial charge in [0.1, 0.15) is 11.3 Å². The van der Waals surface area contributed by atoms with Crippen molar-refractivity contribution in [3.8, 4) is 0 Å². The molecule has 0 saturated heterocycles. The van der Waals surface area contributed by atoms with Crippen LogP contribution in [0.25, 0.3) is 11.2 Å². The van der Waals surface area contributed by atoms with Crippen LogP contribution >= 0.6 is 0 Å². The van der Waals surface area contributed by atoms with Crippen molar-refractivity contribution in [1.82, 2.24) is 19.9 Å². The van der Waals surface area contributed by atoms with E-state index < -0.39 is 0 Å². The van der Waals surface area contributed by atoms with Gasteiger partial charge in [-0.1, -0.05) is 6.92 Å². The third-order valence-electron chi connectivity index (χ3n) is 2.50. The van der Waals surface area contributed by atoms with Gasteiger partial charge in [-0.3, -0.25) is 0 Å². The molecule has 0 spiro atoms. The molecule has 0 aliphatic heterocycles. The standard InChI is InChI=1S/C11H16N4/c1-3-12-8-6-10-14-9-5-4-7-13-11(9)15(10)2/h4-5,7,12H,3,6,8H2,1-2H3. The van der Waals surface area contributed by atoms with Crippen LogP contribution < -0.4 is 5.32 Å². The summed E-state index contributed by atoms with van der Waals surface area (Å²) in [5, 5.41) is 3.29. The topological polar surface area (TPSA) is 42.7 Å². The molecule has 15 heavy (non-hydrogen) atoms. The van der Waals surface area contributed by atoms with Crippen LogP contribution in [0.1, 0.15) is 12.7 Å². The fourth-order valence-corrected chi connectivity index (χ4v) is 1.67. The maximum absolute atomic E-state index is 4.54. The van der Waals surface area contributed by atoms with Gasteiger partial charge in [-0.2, -0.15) is 0 Å². The zero-order chi connectivity index (χ0) is 10.7. The lowest BCUT2D eigenvalue weighted by Gasteiger charge is -2.01. The summed E-state index contributed by atoms with van der Waals surface area (Å²) >= 11 is 0. The Labute approximate surface area is 89.3 Å². The molecule has 0 aliphatic rings. The molecule has 0 amide bonds. The van der Waals surface area contributed by atoms with Gasteiger partial charge < -0.3 is 9.88 Å². The minimum absolute atomic E-state index is 0.945. The molecule has 0 unspecified atom stereocenters. The molecule has 1 N–H and O–H groups in total. The van der Waals surface area contributed by atoms with E-state index in [2.05, 4.69) is 26.8 Å². The van der Waals surface area contributed by atoms with E-state index in [1.165, 1.54) is 0 Å². The van der Waals surface area contributed by atoms with Crippen molar-refractivity contribution in [3.63, 3.8) is 0 Å². The summed E-state index contributed by atoms with van der Waals surface area (Å²) in [7, 11) is 2.02. The quantitative estimate of drug-likeness (QED) is 0.759. The van der Waals surface area contributed by atoms with E-state index >= 15 is 0 Å². The van der Waals surface area contributed by atoms with Crippen molar-refractivity contribution in [2.75, 3.05) is 13.1 Å². The highest BCUT2D eigenvalue weighted by molar-refractivity contribution is 5.70. The summed E-state index contributed by atoms with van der Waals surface area (Å²) in [6, 6.07) is 3.92. The second kappa shape index (κ2) is 4.40. The van der Waals surface area contributed by atoms with Gasteiger partial charge in [0.15, 0.2) is 5.65 Å². The van der Waals surface area contributed by atoms with E-state index in [0.717, 1.165) is 36.5 Å². The first-order valence-electron chi connectivity index (χ1n) is 5.30. The van der Waals surface area contributed by atoms with Crippen LogP contribution in [0.3, 0.4) is 0 Å². The van der Waals surface area contributed by atoms with Crippen LogP contribution in [0.5, 0.6) is 0 Å². The van der Waals surface area contributed by atoms with Crippen LogP contribution in [0.2, 0.25) is 0 Å². The molecular weight excluding hydrogens is 188 g/mol. The number of nitrogens with one attached hydrogen (secondary N) is 1. The number of hydrogen-bond donors (Lipinski definition) is 1. The molecule has 0 fully saturated rings. The molecule has 2 rings (SSSR count). The van der Waals surface area contributed by atoms with Crippen molar-refractivity contribution >= 4 is 11.2 Å². The Balaban J connectivity index is 2.24. The third kappa shape index (κ3) is 1.99. The number of rotatable bonds is 4. The molecule has 80 valence electrons. The third-order valence-corrected chi connectivity index (χ3v) is 2.50. The predicted molar refractivity (Wildman–Crippen MR) is 60.8 cm³/mol. The Morgan fingerprint density at radius 3 is 3.07 bits per heavy atom. The lowest BCUT2D eigenvalue weighted by atomic mass is 10.4. The number of aromatic nitrogens is 3. The summed E-state index contributed by atoms with van der Waals surface area (Å²) in [5.41, 5.74) is 1.94. The van der Waals surface area contributed by atoms with Crippen molar-refractivity contribution in [2.45, 2.75) is 13.3 Å². The van der Waals surface area contributed by atoms with Crippen molar-refractivity contribution in [3.05, 3.63) is 24.2 Å². The first-order chi connectivity index (χ1) is 7.33. The minimum Gasteiger partial charge on any atom is -0.317 e. The molecule has 0 aliphatic carbocycles. The molecule has 2 aromatic rings. The van der Waals surface area contributed by atoms with Crippen LogP contribution in [-0.4, -0.2) is 27.6 Å². The second-order valence-electron chi connectivity index (χ2n) is 3.54. The molecule has 0 aromatic carbocycles. The molecule has 2 aromatic heterocycles. The van der Waals surface area contributed by atoms with Crippen molar-refractivity contribution in [1.29, 1.82) is 0 Å². The minimum atomic E-state index is 0.945. The van der Waals surface area contributed by atoms with Gasteiger partial charge in [0.05, 0.1) is 0 Å². The lowest BCUT2D eigenvalue weighted by molar-refractivity contribution is 0.679. The number of pyridine rings is 1.